The van der Waals surface area contributed by atoms with Crippen LogP contribution in [0, 0.1) is 0 Å². The summed E-state index contributed by atoms with van der Waals surface area (Å²) in [7, 11) is 1.64. The number of nitrogens with zero attached hydrogens (tertiary/aromatic N) is 2. The van der Waals surface area contributed by atoms with E-state index in [1.54, 1.807) is 30.6 Å². The van der Waals surface area contributed by atoms with Gasteiger partial charge in [-0.2, -0.15) is 0 Å². The Kier molecular flexibility index (Phi) is 7.40. The zero-order chi connectivity index (χ0) is 22.2. The lowest BCUT2D eigenvalue weighted by Gasteiger charge is -2.20. The van der Waals surface area contributed by atoms with Crippen LogP contribution in [0.5, 0.6) is 5.75 Å². The van der Waals surface area contributed by atoms with Crippen LogP contribution in [-0.4, -0.2) is 42.2 Å². The second-order valence-electron chi connectivity index (χ2n) is 6.69. The van der Waals surface area contributed by atoms with Gasteiger partial charge in [0.05, 0.1) is 12.8 Å². The van der Waals surface area contributed by atoms with Gasteiger partial charge in [0.15, 0.2) is 5.13 Å². The number of amides is 1. The van der Waals surface area contributed by atoms with E-state index >= 15 is 0 Å². The van der Waals surface area contributed by atoms with Crippen molar-refractivity contribution in [3.63, 3.8) is 0 Å². The lowest BCUT2D eigenvalue weighted by atomic mass is 10.1. The Morgan fingerprint density at radius 1 is 1.19 bits per heavy atom. The SMILES string of the molecule is C=CCN(Cc1ccc(C(=O)NCC(=O)O)cc1)c1nc(-c2ccc(OC)cc2)cs1. The van der Waals surface area contributed by atoms with Gasteiger partial charge in [0.1, 0.15) is 12.3 Å². The van der Waals surface area contributed by atoms with E-state index in [0.29, 0.717) is 18.7 Å². The number of anilines is 1. The van der Waals surface area contributed by atoms with E-state index < -0.39 is 18.4 Å². The highest BCUT2D eigenvalue weighted by Crippen LogP contribution is 2.29. The quantitative estimate of drug-likeness (QED) is 0.469. The number of carboxylic acids is 1. The van der Waals surface area contributed by atoms with Gasteiger partial charge in [0.2, 0.25) is 0 Å². The maximum absolute atomic E-state index is 12.0. The van der Waals surface area contributed by atoms with Crippen molar-refractivity contribution in [2.24, 2.45) is 0 Å². The summed E-state index contributed by atoms with van der Waals surface area (Å²) >= 11 is 1.56. The number of nitrogens with one attached hydrogen (secondary N) is 1. The van der Waals surface area contributed by atoms with Crippen LogP contribution < -0.4 is 15.0 Å². The Morgan fingerprint density at radius 3 is 2.52 bits per heavy atom. The third-order valence-corrected chi connectivity index (χ3v) is 5.39. The first-order chi connectivity index (χ1) is 15.0. The second-order valence-corrected chi connectivity index (χ2v) is 7.52. The minimum absolute atomic E-state index is 0.408. The summed E-state index contributed by atoms with van der Waals surface area (Å²) in [5.74, 6) is -0.698. The number of benzene rings is 2. The standard InChI is InChI=1S/C23H23N3O4S/c1-3-12-26(14-16-4-6-18(7-5-16)22(29)24-13-21(27)28)23-25-20(15-31-23)17-8-10-19(30-2)11-9-17/h3-11,15H,1,12-14H2,2H3,(H,24,29)(H,27,28). The second kappa shape index (κ2) is 10.4. The number of methoxy groups -OCH3 is 1. The zero-order valence-corrected chi connectivity index (χ0v) is 17.9. The first-order valence-corrected chi connectivity index (χ1v) is 10.4. The maximum Gasteiger partial charge on any atom is 0.322 e. The number of thiazole rings is 1. The first kappa shape index (κ1) is 22.0. The number of carbonyl (C=O) groups excluding carboxylic acids is 1. The molecule has 0 aliphatic heterocycles. The number of rotatable bonds is 10. The van der Waals surface area contributed by atoms with Crippen molar-refractivity contribution in [1.82, 2.24) is 10.3 Å². The molecule has 0 aliphatic rings. The zero-order valence-electron chi connectivity index (χ0n) is 17.1. The molecule has 0 bridgehead atoms. The predicted molar refractivity (Wildman–Crippen MR) is 122 cm³/mol. The van der Waals surface area contributed by atoms with E-state index in [4.69, 9.17) is 14.8 Å². The number of carboxylic acid groups (broad SMARTS) is 1. The molecule has 160 valence electrons. The van der Waals surface area contributed by atoms with Crippen molar-refractivity contribution >= 4 is 28.3 Å². The molecule has 0 saturated heterocycles. The Morgan fingerprint density at radius 2 is 1.90 bits per heavy atom. The Balaban J connectivity index is 1.71. The largest absolute Gasteiger partial charge is 0.497 e. The summed E-state index contributed by atoms with van der Waals surface area (Å²) in [6.45, 7) is 4.65. The molecule has 0 radical (unpaired) electrons. The summed E-state index contributed by atoms with van der Waals surface area (Å²) in [6, 6.07) is 14.8. The van der Waals surface area contributed by atoms with Gasteiger partial charge in [-0.1, -0.05) is 18.2 Å². The summed E-state index contributed by atoms with van der Waals surface area (Å²) in [6.07, 6.45) is 1.82. The van der Waals surface area contributed by atoms with Gasteiger partial charge in [0, 0.05) is 29.6 Å². The molecule has 0 saturated carbocycles. The van der Waals surface area contributed by atoms with Gasteiger partial charge in [0.25, 0.3) is 5.91 Å². The van der Waals surface area contributed by atoms with Crippen LogP contribution in [0.2, 0.25) is 0 Å². The fraction of sp³-hybridized carbons (Fsp3) is 0.174. The molecule has 0 atom stereocenters. The van der Waals surface area contributed by atoms with Gasteiger partial charge < -0.3 is 20.1 Å². The normalized spacial score (nSPS) is 10.4. The van der Waals surface area contributed by atoms with Crippen molar-refractivity contribution in [1.29, 1.82) is 0 Å². The number of hydrogen-bond donors (Lipinski definition) is 2. The molecule has 31 heavy (non-hydrogen) atoms. The van der Waals surface area contributed by atoms with E-state index in [0.717, 1.165) is 27.7 Å². The molecule has 7 nitrogen and oxygen atoms in total. The van der Waals surface area contributed by atoms with Crippen LogP contribution in [0.25, 0.3) is 11.3 Å². The molecule has 3 rings (SSSR count). The molecule has 8 heteroatoms. The highest BCUT2D eigenvalue weighted by Gasteiger charge is 2.13. The highest BCUT2D eigenvalue weighted by atomic mass is 32.1. The number of aliphatic carboxylic acids is 1. The van der Waals surface area contributed by atoms with Crippen molar-refractivity contribution in [3.8, 4) is 17.0 Å². The molecule has 0 fully saturated rings. The summed E-state index contributed by atoms with van der Waals surface area (Å²) < 4.78 is 5.21. The fourth-order valence-corrected chi connectivity index (χ4v) is 3.75. The Bertz CT molecular complexity index is 1050. The van der Waals surface area contributed by atoms with E-state index in [-0.39, 0.29) is 0 Å². The number of aromatic nitrogens is 1. The van der Waals surface area contributed by atoms with Crippen LogP contribution in [0.3, 0.4) is 0 Å². The molecule has 1 amide bonds. The number of ether oxygens (including phenoxy) is 1. The van der Waals surface area contributed by atoms with Gasteiger partial charge in [-0.15, -0.1) is 17.9 Å². The van der Waals surface area contributed by atoms with Crippen LogP contribution in [0.4, 0.5) is 5.13 Å². The van der Waals surface area contributed by atoms with E-state index in [1.165, 1.54) is 0 Å². The molecule has 1 aromatic heterocycles. The Hall–Kier alpha value is -3.65. The van der Waals surface area contributed by atoms with Crippen LogP contribution in [-0.2, 0) is 11.3 Å². The van der Waals surface area contributed by atoms with Crippen molar-refractivity contribution in [2.75, 3.05) is 25.1 Å². The van der Waals surface area contributed by atoms with E-state index in [2.05, 4.69) is 16.8 Å². The molecule has 0 spiro atoms. The Labute approximate surface area is 184 Å². The van der Waals surface area contributed by atoms with E-state index in [9.17, 15) is 9.59 Å². The minimum atomic E-state index is -1.08. The molecule has 0 aliphatic carbocycles. The molecule has 0 unspecified atom stereocenters. The summed E-state index contributed by atoms with van der Waals surface area (Å²) in [4.78, 5) is 29.4. The topological polar surface area (TPSA) is 91.8 Å². The van der Waals surface area contributed by atoms with Crippen LogP contribution in [0.1, 0.15) is 15.9 Å². The average Bonchev–Trinajstić information content (AvgIpc) is 3.28. The van der Waals surface area contributed by atoms with Gasteiger partial charge >= 0.3 is 5.97 Å². The molecule has 1 heterocycles. The lowest BCUT2D eigenvalue weighted by molar-refractivity contribution is -0.135. The third kappa shape index (κ3) is 5.93. The minimum Gasteiger partial charge on any atom is -0.497 e. The van der Waals surface area contributed by atoms with Crippen molar-refractivity contribution in [3.05, 3.63) is 77.7 Å². The molecule has 3 aromatic rings. The monoisotopic (exact) mass is 437 g/mol. The van der Waals surface area contributed by atoms with Crippen LogP contribution >= 0.6 is 11.3 Å². The average molecular weight is 438 g/mol. The fourth-order valence-electron chi connectivity index (χ4n) is 2.91. The lowest BCUT2D eigenvalue weighted by Crippen LogP contribution is -2.29. The van der Waals surface area contributed by atoms with Crippen molar-refractivity contribution in [2.45, 2.75) is 6.54 Å². The molecular weight excluding hydrogens is 414 g/mol. The highest BCUT2D eigenvalue weighted by molar-refractivity contribution is 7.14. The summed E-state index contributed by atoms with van der Waals surface area (Å²) in [5, 5.41) is 13.9. The predicted octanol–water partition coefficient (Wildman–Crippen LogP) is 3.83. The smallest absolute Gasteiger partial charge is 0.322 e. The van der Waals surface area contributed by atoms with Gasteiger partial charge in [-0.05, 0) is 42.0 Å². The van der Waals surface area contributed by atoms with Crippen molar-refractivity contribution < 1.29 is 19.4 Å². The number of carbonyl (C=O) groups is 2. The molecular formula is C23H23N3O4S. The summed E-state index contributed by atoms with van der Waals surface area (Å²) in [5.41, 5.74) is 3.31. The van der Waals surface area contributed by atoms with E-state index in [1.807, 2.05) is 47.9 Å². The van der Waals surface area contributed by atoms with Gasteiger partial charge in [-0.25, -0.2) is 4.98 Å². The maximum atomic E-state index is 12.0. The number of hydrogen-bond acceptors (Lipinski definition) is 6. The van der Waals surface area contributed by atoms with Crippen LogP contribution in [0.15, 0.2) is 66.6 Å². The van der Waals surface area contributed by atoms with Gasteiger partial charge in [-0.3, -0.25) is 9.59 Å². The molecule has 2 aromatic carbocycles. The third-order valence-electron chi connectivity index (χ3n) is 4.49. The first-order valence-electron chi connectivity index (χ1n) is 9.55. The molecule has 2 N–H and O–H groups in total.